The minimum atomic E-state index is -0.203. The van der Waals surface area contributed by atoms with E-state index in [0.717, 1.165) is 13.1 Å². The van der Waals surface area contributed by atoms with E-state index >= 15 is 0 Å². The molecule has 14 heavy (non-hydrogen) atoms. The van der Waals surface area contributed by atoms with Gasteiger partial charge in [-0.05, 0) is 19.3 Å². The van der Waals surface area contributed by atoms with E-state index in [-0.39, 0.29) is 6.67 Å². The molecule has 0 aliphatic heterocycles. The number of alkyl halides is 2. The summed E-state index contributed by atoms with van der Waals surface area (Å²) in [4.78, 5) is 2.38. The highest BCUT2D eigenvalue weighted by Gasteiger charge is 2.19. The smallest absolute Gasteiger partial charge is 0.0906 e. The lowest BCUT2D eigenvalue weighted by molar-refractivity contribution is 0.159. The molecule has 1 aliphatic carbocycles. The largest absolute Gasteiger partial charge is 0.299 e. The maximum atomic E-state index is 12.1. The first-order chi connectivity index (χ1) is 6.88. The second kappa shape index (κ2) is 7.47. The second-order valence-electron chi connectivity index (χ2n) is 4.06. The van der Waals surface area contributed by atoms with Crippen LogP contribution in [0.15, 0.2) is 0 Å². The van der Waals surface area contributed by atoms with Crippen LogP contribution in [0.25, 0.3) is 0 Å². The van der Waals surface area contributed by atoms with E-state index in [0.29, 0.717) is 18.3 Å². The van der Waals surface area contributed by atoms with Crippen LogP contribution in [0.5, 0.6) is 0 Å². The summed E-state index contributed by atoms with van der Waals surface area (Å²) in [7, 11) is 0. The van der Waals surface area contributed by atoms with Gasteiger partial charge in [0.1, 0.15) is 0 Å². The third kappa shape index (κ3) is 4.14. The van der Waals surface area contributed by atoms with Gasteiger partial charge in [0.05, 0.1) is 6.67 Å². The van der Waals surface area contributed by atoms with E-state index in [2.05, 4.69) is 4.90 Å². The molecule has 0 aromatic heterocycles. The molecular formula is C11H21ClFN. The van der Waals surface area contributed by atoms with Gasteiger partial charge in [-0.3, -0.25) is 9.29 Å². The molecule has 1 nitrogen and oxygen atoms in total. The van der Waals surface area contributed by atoms with Crippen molar-refractivity contribution in [3.8, 4) is 0 Å². The van der Waals surface area contributed by atoms with Gasteiger partial charge in [0.15, 0.2) is 0 Å². The average Bonchev–Trinajstić information content (AvgIpc) is 2.25. The molecule has 0 heterocycles. The molecule has 0 spiro atoms. The first-order valence-corrected chi connectivity index (χ1v) is 6.28. The van der Waals surface area contributed by atoms with Gasteiger partial charge in [-0.15, -0.1) is 11.6 Å². The number of halogens is 2. The fourth-order valence-corrected chi connectivity index (χ4v) is 2.51. The third-order valence-electron chi connectivity index (χ3n) is 3.04. The van der Waals surface area contributed by atoms with Gasteiger partial charge in [0, 0.05) is 25.0 Å². The Kier molecular flexibility index (Phi) is 6.54. The normalized spacial score (nSPS) is 19.1. The van der Waals surface area contributed by atoms with Gasteiger partial charge >= 0.3 is 0 Å². The number of rotatable bonds is 6. The Morgan fingerprint density at radius 2 is 1.86 bits per heavy atom. The molecule has 1 aliphatic rings. The quantitative estimate of drug-likeness (QED) is 0.623. The van der Waals surface area contributed by atoms with Crippen molar-refractivity contribution in [1.82, 2.24) is 4.90 Å². The zero-order chi connectivity index (χ0) is 10.2. The summed E-state index contributed by atoms with van der Waals surface area (Å²) < 4.78 is 12.1. The van der Waals surface area contributed by atoms with Crippen molar-refractivity contribution in [2.75, 3.05) is 25.6 Å². The Morgan fingerprint density at radius 1 is 1.14 bits per heavy atom. The fourth-order valence-electron chi connectivity index (χ4n) is 2.29. The van der Waals surface area contributed by atoms with Crippen LogP contribution in [0.1, 0.15) is 38.5 Å². The molecule has 0 unspecified atom stereocenters. The molecule has 3 heteroatoms. The Labute approximate surface area is 91.6 Å². The summed E-state index contributed by atoms with van der Waals surface area (Å²) in [6.45, 7) is 1.60. The van der Waals surface area contributed by atoms with E-state index < -0.39 is 0 Å². The minimum absolute atomic E-state index is 0.203. The van der Waals surface area contributed by atoms with E-state index in [1.54, 1.807) is 0 Å². The predicted molar refractivity (Wildman–Crippen MR) is 59.8 cm³/mol. The molecule has 84 valence electrons. The molecule has 1 saturated carbocycles. The van der Waals surface area contributed by atoms with Crippen LogP contribution in [0.2, 0.25) is 0 Å². The molecule has 0 aromatic rings. The number of nitrogens with zero attached hydrogens (tertiary/aromatic N) is 1. The first kappa shape index (κ1) is 12.3. The molecule has 0 N–H and O–H groups in total. The second-order valence-corrected chi connectivity index (χ2v) is 4.44. The van der Waals surface area contributed by atoms with Gasteiger partial charge in [-0.2, -0.15) is 0 Å². The molecule has 0 amide bonds. The Bertz CT molecular complexity index is 137. The van der Waals surface area contributed by atoms with Crippen LogP contribution in [0, 0.1) is 0 Å². The summed E-state index contributed by atoms with van der Waals surface area (Å²) in [5.74, 6) is 0.669. The topological polar surface area (TPSA) is 3.24 Å². The van der Waals surface area contributed by atoms with Gasteiger partial charge in [0.2, 0.25) is 0 Å². The SMILES string of the molecule is FCCCN(CCCl)C1CCCCC1. The van der Waals surface area contributed by atoms with E-state index in [4.69, 9.17) is 11.6 Å². The predicted octanol–water partition coefficient (Wildman–Crippen LogP) is 3.22. The monoisotopic (exact) mass is 221 g/mol. The highest BCUT2D eigenvalue weighted by molar-refractivity contribution is 6.18. The summed E-state index contributed by atoms with van der Waals surface area (Å²) in [6.07, 6.45) is 7.26. The summed E-state index contributed by atoms with van der Waals surface area (Å²) in [5.41, 5.74) is 0. The van der Waals surface area contributed by atoms with Crippen molar-refractivity contribution >= 4 is 11.6 Å². The lowest BCUT2D eigenvalue weighted by atomic mass is 9.94. The van der Waals surface area contributed by atoms with E-state index in [1.165, 1.54) is 32.1 Å². The Balaban J connectivity index is 2.30. The van der Waals surface area contributed by atoms with Crippen LogP contribution in [-0.4, -0.2) is 36.6 Å². The maximum Gasteiger partial charge on any atom is 0.0906 e. The van der Waals surface area contributed by atoms with Gasteiger partial charge in [-0.25, -0.2) is 0 Å². The van der Waals surface area contributed by atoms with Crippen LogP contribution in [0.3, 0.4) is 0 Å². The van der Waals surface area contributed by atoms with Crippen molar-refractivity contribution in [3.05, 3.63) is 0 Å². The molecule has 0 bridgehead atoms. The molecular weight excluding hydrogens is 201 g/mol. The third-order valence-corrected chi connectivity index (χ3v) is 3.21. The van der Waals surface area contributed by atoms with Crippen molar-refractivity contribution in [2.45, 2.75) is 44.6 Å². The van der Waals surface area contributed by atoms with Gasteiger partial charge < -0.3 is 0 Å². The fraction of sp³-hybridized carbons (Fsp3) is 1.00. The molecule has 1 fully saturated rings. The molecule has 1 rings (SSSR count). The summed E-state index contributed by atoms with van der Waals surface area (Å²) >= 11 is 5.76. The van der Waals surface area contributed by atoms with Crippen molar-refractivity contribution in [3.63, 3.8) is 0 Å². The number of hydrogen-bond acceptors (Lipinski definition) is 1. The molecule has 0 saturated heterocycles. The van der Waals surface area contributed by atoms with Gasteiger partial charge in [0.25, 0.3) is 0 Å². The highest BCUT2D eigenvalue weighted by Crippen LogP contribution is 2.22. The van der Waals surface area contributed by atoms with Crippen molar-refractivity contribution in [2.24, 2.45) is 0 Å². The van der Waals surface area contributed by atoms with Crippen LogP contribution < -0.4 is 0 Å². The number of hydrogen-bond donors (Lipinski definition) is 0. The highest BCUT2D eigenvalue weighted by atomic mass is 35.5. The summed E-state index contributed by atoms with van der Waals surface area (Å²) in [6, 6.07) is 0.675. The minimum Gasteiger partial charge on any atom is -0.299 e. The lowest BCUT2D eigenvalue weighted by Crippen LogP contribution is -2.38. The Hall–Kier alpha value is 0.180. The van der Waals surface area contributed by atoms with Crippen LogP contribution in [-0.2, 0) is 0 Å². The standard InChI is InChI=1S/C11H21ClFN/c12-7-10-14(9-4-8-13)11-5-2-1-3-6-11/h11H,1-10H2. The zero-order valence-electron chi connectivity index (χ0n) is 8.85. The summed E-state index contributed by atoms with van der Waals surface area (Å²) in [5, 5.41) is 0. The maximum absolute atomic E-state index is 12.1. The lowest BCUT2D eigenvalue weighted by Gasteiger charge is -2.33. The Morgan fingerprint density at radius 3 is 2.43 bits per heavy atom. The van der Waals surface area contributed by atoms with E-state index in [1.807, 2.05) is 0 Å². The van der Waals surface area contributed by atoms with Crippen molar-refractivity contribution in [1.29, 1.82) is 0 Å². The van der Waals surface area contributed by atoms with E-state index in [9.17, 15) is 4.39 Å². The molecule has 0 atom stereocenters. The average molecular weight is 222 g/mol. The van der Waals surface area contributed by atoms with Gasteiger partial charge in [-0.1, -0.05) is 19.3 Å². The first-order valence-electron chi connectivity index (χ1n) is 5.74. The zero-order valence-corrected chi connectivity index (χ0v) is 9.61. The molecule has 0 aromatic carbocycles. The van der Waals surface area contributed by atoms with Crippen LogP contribution in [0.4, 0.5) is 4.39 Å². The molecule has 0 radical (unpaired) electrons. The van der Waals surface area contributed by atoms with Crippen molar-refractivity contribution < 1.29 is 4.39 Å². The van der Waals surface area contributed by atoms with Crippen LogP contribution >= 0.6 is 11.6 Å².